The number of benzene rings is 1. The zero-order chi connectivity index (χ0) is 13.4. The highest BCUT2D eigenvalue weighted by Crippen LogP contribution is 2.25. The standard InChI is InChI=1S/C16H27NO/c1-5-17-11-15(16(2,3)4)13-18-12-14-9-7-6-8-10-14/h6-10,15,17H,5,11-13H2,1-4H3. The topological polar surface area (TPSA) is 21.3 Å². The molecule has 0 aliphatic carbocycles. The van der Waals surface area contributed by atoms with E-state index in [1.165, 1.54) is 5.56 Å². The summed E-state index contributed by atoms with van der Waals surface area (Å²) in [5, 5.41) is 3.42. The second kappa shape index (κ2) is 7.55. The first kappa shape index (κ1) is 15.2. The Balaban J connectivity index is 2.38. The fourth-order valence-corrected chi connectivity index (χ4v) is 1.83. The molecule has 2 heteroatoms. The van der Waals surface area contributed by atoms with Gasteiger partial charge in [-0.15, -0.1) is 0 Å². The monoisotopic (exact) mass is 249 g/mol. The van der Waals surface area contributed by atoms with Crippen LogP contribution in [-0.2, 0) is 11.3 Å². The minimum atomic E-state index is 0.277. The summed E-state index contributed by atoms with van der Waals surface area (Å²) in [6.07, 6.45) is 0. The first-order valence-electron chi connectivity index (χ1n) is 6.86. The summed E-state index contributed by atoms with van der Waals surface area (Å²) in [7, 11) is 0. The molecule has 1 aromatic carbocycles. The molecule has 0 aromatic heterocycles. The van der Waals surface area contributed by atoms with Gasteiger partial charge in [-0.05, 0) is 23.4 Å². The molecule has 0 fully saturated rings. The normalized spacial score (nSPS) is 13.6. The minimum Gasteiger partial charge on any atom is -0.376 e. The molecule has 0 saturated carbocycles. The molecule has 0 aliphatic rings. The zero-order valence-electron chi connectivity index (χ0n) is 12.2. The van der Waals surface area contributed by atoms with Crippen molar-refractivity contribution in [3.05, 3.63) is 35.9 Å². The molecule has 18 heavy (non-hydrogen) atoms. The van der Waals surface area contributed by atoms with Gasteiger partial charge in [-0.3, -0.25) is 0 Å². The second-order valence-electron chi connectivity index (χ2n) is 5.87. The van der Waals surface area contributed by atoms with Crippen LogP contribution in [0.25, 0.3) is 0 Å². The van der Waals surface area contributed by atoms with Gasteiger partial charge in [0.25, 0.3) is 0 Å². The van der Waals surface area contributed by atoms with E-state index in [0.29, 0.717) is 12.5 Å². The maximum Gasteiger partial charge on any atom is 0.0717 e. The lowest BCUT2D eigenvalue weighted by molar-refractivity contribution is 0.0459. The van der Waals surface area contributed by atoms with Crippen LogP contribution in [0, 0.1) is 11.3 Å². The van der Waals surface area contributed by atoms with Crippen molar-refractivity contribution in [2.75, 3.05) is 19.7 Å². The molecule has 1 rings (SSSR count). The number of hydrogen-bond acceptors (Lipinski definition) is 2. The third kappa shape index (κ3) is 5.65. The average molecular weight is 249 g/mol. The van der Waals surface area contributed by atoms with E-state index >= 15 is 0 Å². The third-order valence-electron chi connectivity index (χ3n) is 3.30. The van der Waals surface area contributed by atoms with E-state index in [1.54, 1.807) is 0 Å². The van der Waals surface area contributed by atoms with Crippen molar-refractivity contribution in [3.8, 4) is 0 Å². The van der Waals surface area contributed by atoms with E-state index in [2.05, 4.69) is 57.3 Å². The van der Waals surface area contributed by atoms with Crippen LogP contribution in [-0.4, -0.2) is 19.7 Å². The van der Waals surface area contributed by atoms with Crippen LogP contribution in [0.1, 0.15) is 33.3 Å². The first-order chi connectivity index (χ1) is 8.54. The van der Waals surface area contributed by atoms with Gasteiger partial charge in [0.2, 0.25) is 0 Å². The average Bonchev–Trinajstić information content (AvgIpc) is 2.33. The quantitative estimate of drug-likeness (QED) is 0.799. The summed E-state index contributed by atoms with van der Waals surface area (Å²) in [6.45, 7) is 12.5. The van der Waals surface area contributed by atoms with Crippen LogP contribution in [0.2, 0.25) is 0 Å². The van der Waals surface area contributed by atoms with Crippen molar-refractivity contribution in [2.45, 2.75) is 34.3 Å². The lowest BCUT2D eigenvalue weighted by atomic mass is 9.81. The van der Waals surface area contributed by atoms with Gasteiger partial charge in [0.1, 0.15) is 0 Å². The highest BCUT2D eigenvalue weighted by Gasteiger charge is 2.24. The van der Waals surface area contributed by atoms with Crippen LogP contribution < -0.4 is 5.32 Å². The van der Waals surface area contributed by atoms with Crippen molar-refractivity contribution < 1.29 is 4.74 Å². The Hall–Kier alpha value is -0.860. The van der Waals surface area contributed by atoms with E-state index in [4.69, 9.17) is 4.74 Å². The number of hydrogen-bond donors (Lipinski definition) is 1. The van der Waals surface area contributed by atoms with Crippen LogP contribution in [0.5, 0.6) is 0 Å². The van der Waals surface area contributed by atoms with Crippen molar-refractivity contribution in [3.63, 3.8) is 0 Å². The minimum absolute atomic E-state index is 0.277. The van der Waals surface area contributed by atoms with Crippen molar-refractivity contribution in [1.82, 2.24) is 5.32 Å². The summed E-state index contributed by atoms with van der Waals surface area (Å²) in [5.41, 5.74) is 1.52. The SMILES string of the molecule is CCNCC(COCc1ccccc1)C(C)(C)C. The molecule has 0 amide bonds. The van der Waals surface area contributed by atoms with Gasteiger partial charge in [-0.25, -0.2) is 0 Å². The highest BCUT2D eigenvalue weighted by molar-refractivity contribution is 5.13. The molecule has 0 bridgehead atoms. The molecule has 0 spiro atoms. The molecule has 0 radical (unpaired) electrons. The summed E-state index contributed by atoms with van der Waals surface area (Å²) in [4.78, 5) is 0. The van der Waals surface area contributed by atoms with E-state index < -0.39 is 0 Å². The molecule has 0 saturated heterocycles. The van der Waals surface area contributed by atoms with Crippen LogP contribution >= 0.6 is 0 Å². The van der Waals surface area contributed by atoms with E-state index in [9.17, 15) is 0 Å². The molecule has 1 aromatic rings. The molecular weight excluding hydrogens is 222 g/mol. The Morgan fingerprint density at radius 1 is 1.17 bits per heavy atom. The molecule has 1 unspecified atom stereocenters. The Bertz CT molecular complexity index is 316. The van der Waals surface area contributed by atoms with E-state index in [1.807, 2.05) is 6.07 Å². The lowest BCUT2D eigenvalue weighted by Crippen LogP contribution is -2.35. The Labute approximate surface area is 112 Å². The van der Waals surface area contributed by atoms with E-state index in [-0.39, 0.29) is 5.41 Å². The zero-order valence-corrected chi connectivity index (χ0v) is 12.2. The van der Waals surface area contributed by atoms with Gasteiger partial charge >= 0.3 is 0 Å². The highest BCUT2D eigenvalue weighted by atomic mass is 16.5. The molecule has 2 nitrogen and oxygen atoms in total. The van der Waals surface area contributed by atoms with Gasteiger partial charge in [0, 0.05) is 6.54 Å². The molecule has 1 atom stereocenters. The van der Waals surface area contributed by atoms with Gasteiger partial charge in [-0.1, -0.05) is 58.0 Å². The lowest BCUT2D eigenvalue weighted by Gasteiger charge is -2.30. The second-order valence-corrected chi connectivity index (χ2v) is 5.87. The van der Waals surface area contributed by atoms with Gasteiger partial charge in [0.05, 0.1) is 13.2 Å². The van der Waals surface area contributed by atoms with Gasteiger partial charge < -0.3 is 10.1 Å². The summed E-state index contributed by atoms with van der Waals surface area (Å²) < 4.78 is 5.87. The molecule has 102 valence electrons. The number of nitrogens with one attached hydrogen (secondary N) is 1. The Morgan fingerprint density at radius 3 is 2.39 bits per heavy atom. The Kier molecular flexibility index (Phi) is 6.37. The molecule has 0 aliphatic heterocycles. The maximum absolute atomic E-state index is 5.87. The third-order valence-corrected chi connectivity index (χ3v) is 3.30. The van der Waals surface area contributed by atoms with Gasteiger partial charge in [-0.2, -0.15) is 0 Å². The summed E-state index contributed by atoms with van der Waals surface area (Å²) in [5.74, 6) is 0.543. The Morgan fingerprint density at radius 2 is 1.83 bits per heavy atom. The number of rotatable bonds is 7. The maximum atomic E-state index is 5.87. The predicted molar refractivity (Wildman–Crippen MR) is 77.6 cm³/mol. The fraction of sp³-hybridized carbons (Fsp3) is 0.625. The van der Waals surface area contributed by atoms with E-state index in [0.717, 1.165) is 19.7 Å². The van der Waals surface area contributed by atoms with Crippen LogP contribution in [0.3, 0.4) is 0 Å². The number of ether oxygens (including phenoxy) is 1. The first-order valence-corrected chi connectivity index (χ1v) is 6.86. The molecule has 1 N–H and O–H groups in total. The molecule has 0 heterocycles. The smallest absolute Gasteiger partial charge is 0.0717 e. The van der Waals surface area contributed by atoms with Crippen molar-refractivity contribution in [1.29, 1.82) is 0 Å². The van der Waals surface area contributed by atoms with Crippen molar-refractivity contribution >= 4 is 0 Å². The summed E-state index contributed by atoms with van der Waals surface area (Å²) >= 11 is 0. The van der Waals surface area contributed by atoms with Crippen LogP contribution in [0.4, 0.5) is 0 Å². The largest absolute Gasteiger partial charge is 0.376 e. The van der Waals surface area contributed by atoms with Crippen LogP contribution in [0.15, 0.2) is 30.3 Å². The van der Waals surface area contributed by atoms with Crippen molar-refractivity contribution in [2.24, 2.45) is 11.3 Å². The molecular formula is C16H27NO. The fourth-order valence-electron chi connectivity index (χ4n) is 1.83. The van der Waals surface area contributed by atoms with Gasteiger partial charge in [0.15, 0.2) is 0 Å². The predicted octanol–water partition coefficient (Wildman–Crippen LogP) is 3.48. The summed E-state index contributed by atoms with van der Waals surface area (Å²) in [6, 6.07) is 10.4.